The molecule has 0 aliphatic rings. The normalized spacial score (nSPS) is 10.3. The van der Waals surface area contributed by atoms with Gasteiger partial charge in [0.1, 0.15) is 5.02 Å². The van der Waals surface area contributed by atoms with Gasteiger partial charge in [-0.15, -0.1) is 0 Å². The van der Waals surface area contributed by atoms with Crippen LogP contribution in [0.15, 0.2) is 18.2 Å². The molecule has 0 bridgehead atoms. The van der Waals surface area contributed by atoms with E-state index in [9.17, 15) is 0 Å². The highest BCUT2D eigenvalue weighted by Crippen LogP contribution is 2.37. The monoisotopic (exact) mass is 329 g/mol. The molecule has 21 heavy (non-hydrogen) atoms. The van der Waals surface area contributed by atoms with Crippen molar-refractivity contribution in [1.29, 1.82) is 0 Å². The zero-order valence-corrected chi connectivity index (χ0v) is 12.9. The van der Waals surface area contributed by atoms with Crippen molar-refractivity contribution in [1.82, 2.24) is 9.97 Å². The van der Waals surface area contributed by atoms with Crippen LogP contribution in [0.1, 0.15) is 5.56 Å². The summed E-state index contributed by atoms with van der Waals surface area (Å²) in [4.78, 5) is 8.13. The Kier molecular flexibility index (Phi) is 5.06. The smallest absolute Gasteiger partial charge is 0.328 e. The van der Waals surface area contributed by atoms with Gasteiger partial charge in [-0.1, -0.05) is 29.3 Å². The van der Waals surface area contributed by atoms with Gasteiger partial charge in [0.15, 0.2) is 5.75 Å². The molecule has 0 radical (unpaired) electrons. The van der Waals surface area contributed by atoms with Crippen molar-refractivity contribution in [3.63, 3.8) is 0 Å². The number of ether oxygens (including phenoxy) is 3. The highest BCUT2D eigenvalue weighted by atomic mass is 35.5. The fourth-order valence-corrected chi connectivity index (χ4v) is 1.94. The van der Waals surface area contributed by atoms with Crippen molar-refractivity contribution in [3.8, 4) is 23.5 Å². The Balaban J connectivity index is 2.44. The molecule has 2 rings (SSSR count). The molecule has 0 aliphatic carbocycles. The summed E-state index contributed by atoms with van der Waals surface area (Å²) in [6, 6.07) is 4.91. The van der Waals surface area contributed by atoms with Crippen LogP contribution in [0.2, 0.25) is 10.0 Å². The van der Waals surface area contributed by atoms with Gasteiger partial charge in [-0.2, -0.15) is 9.97 Å². The molecule has 8 heteroatoms. The first-order valence-electron chi connectivity index (χ1n) is 5.91. The van der Waals surface area contributed by atoms with E-state index in [0.29, 0.717) is 28.1 Å². The second-order valence-corrected chi connectivity index (χ2v) is 4.68. The second-order valence-electron chi connectivity index (χ2n) is 3.89. The lowest BCUT2D eigenvalue weighted by Gasteiger charge is -2.12. The Morgan fingerprint density at radius 1 is 1.10 bits per heavy atom. The summed E-state index contributed by atoms with van der Waals surface area (Å²) in [5.41, 5.74) is 6.34. The number of aromatic nitrogens is 2. The van der Waals surface area contributed by atoms with Crippen LogP contribution >= 0.6 is 23.2 Å². The quantitative estimate of drug-likeness (QED) is 0.908. The second kappa shape index (κ2) is 6.80. The number of rotatable bonds is 5. The SMILES string of the molecule is COc1cc(OC)nc(Oc2c(CN)ccc(Cl)c2Cl)n1. The van der Waals surface area contributed by atoms with E-state index >= 15 is 0 Å². The zero-order chi connectivity index (χ0) is 15.4. The van der Waals surface area contributed by atoms with Crippen LogP contribution in [0.3, 0.4) is 0 Å². The summed E-state index contributed by atoms with van der Waals surface area (Å²) in [7, 11) is 2.95. The van der Waals surface area contributed by atoms with E-state index in [1.807, 2.05) is 0 Å². The minimum absolute atomic E-state index is 0.0186. The van der Waals surface area contributed by atoms with Crippen molar-refractivity contribution in [2.75, 3.05) is 14.2 Å². The van der Waals surface area contributed by atoms with E-state index in [2.05, 4.69) is 9.97 Å². The summed E-state index contributed by atoms with van der Waals surface area (Å²) in [5.74, 6) is 0.899. The van der Waals surface area contributed by atoms with Crippen LogP contribution in [0.25, 0.3) is 0 Å². The Morgan fingerprint density at radius 3 is 2.24 bits per heavy atom. The summed E-state index contributed by atoms with van der Waals surface area (Å²) < 4.78 is 15.7. The molecule has 0 saturated heterocycles. The molecule has 0 fully saturated rings. The fraction of sp³-hybridized carbons (Fsp3) is 0.231. The van der Waals surface area contributed by atoms with E-state index in [0.717, 1.165) is 0 Å². The Morgan fingerprint density at radius 2 is 1.71 bits per heavy atom. The summed E-state index contributed by atoms with van der Waals surface area (Å²) in [6.07, 6.45) is 0. The van der Waals surface area contributed by atoms with Crippen molar-refractivity contribution in [2.24, 2.45) is 5.73 Å². The Bertz CT molecular complexity index is 631. The van der Waals surface area contributed by atoms with E-state index in [4.69, 9.17) is 43.1 Å². The number of nitrogens with two attached hydrogens (primary N) is 1. The first-order chi connectivity index (χ1) is 10.1. The molecule has 0 spiro atoms. The van der Waals surface area contributed by atoms with Gasteiger partial charge < -0.3 is 19.9 Å². The van der Waals surface area contributed by atoms with Crippen LogP contribution in [-0.2, 0) is 6.54 Å². The number of nitrogens with zero attached hydrogens (tertiary/aromatic N) is 2. The Labute approximate surface area is 131 Å². The predicted octanol–water partition coefficient (Wildman–Crippen LogP) is 3.05. The zero-order valence-electron chi connectivity index (χ0n) is 11.4. The van der Waals surface area contributed by atoms with Gasteiger partial charge in [-0.25, -0.2) is 0 Å². The number of hydrogen-bond donors (Lipinski definition) is 1. The molecule has 2 aromatic rings. The highest BCUT2D eigenvalue weighted by molar-refractivity contribution is 6.43. The number of halogens is 2. The maximum absolute atomic E-state index is 6.14. The average Bonchev–Trinajstić information content (AvgIpc) is 2.51. The number of methoxy groups -OCH3 is 2. The third-order valence-electron chi connectivity index (χ3n) is 2.62. The molecule has 6 nitrogen and oxygen atoms in total. The van der Waals surface area contributed by atoms with Crippen molar-refractivity contribution < 1.29 is 14.2 Å². The minimum atomic E-state index is 0.0186. The van der Waals surface area contributed by atoms with Gasteiger partial charge in [-0.05, 0) is 6.07 Å². The first kappa shape index (κ1) is 15.6. The lowest BCUT2D eigenvalue weighted by Crippen LogP contribution is -2.03. The average molecular weight is 330 g/mol. The van der Waals surface area contributed by atoms with Crippen LogP contribution in [0.5, 0.6) is 23.5 Å². The predicted molar refractivity (Wildman–Crippen MR) is 79.6 cm³/mol. The largest absolute Gasteiger partial charge is 0.481 e. The van der Waals surface area contributed by atoms with Crippen molar-refractivity contribution in [3.05, 3.63) is 33.8 Å². The van der Waals surface area contributed by atoms with Crippen LogP contribution in [0.4, 0.5) is 0 Å². The van der Waals surface area contributed by atoms with Gasteiger partial charge in [0.25, 0.3) is 0 Å². The van der Waals surface area contributed by atoms with Gasteiger partial charge in [0, 0.05) is 12.1 Å². The summed E-state index contributed by atoms with van der Waals surface area (Å²) in [5, 5.41) is 0.587. The molecule has 0 saturated carbocycles. The Hall–Kier alpha value is -1.76. The fourth-order valence-electron chi connectivity index (χ4n) is 1.57. The topological polar surface area (TPSA) is 79.5 Å². The van der Waals surface area contributed by atoms with Gasteiger partial charge in [0.2, 0.25) is 11.8 Å². The molecule has 0 unspecified atom stereocenters. The molecule has 0 aliphatic heterocycles. The highest BCUT2D eigenvalue weighted by Gasteiger charge is 2.15. The third-order valence-corrected chi connectivity index (χ3v) is 3.41. The molecular weight excluding hydrogens is 317 g/mol. The van der Waals surface area contributed by atoms with Crippen LogP contribution < -0.4 is 19.9 Å². The minimum Gasteiger partial charge on any atom is -0.481 e. The van der Waals surface area contributed by atoms with Crippen molar-refractivity contribution in [2.45, 2.75) is 6.54 Å². The molecular formula is C13H13Cl2N3O3. The third kappa shape index (κ3) is 3.47. The van der Waals surface area contributed by atoms with E-state index < -0.39 is 0 Å². The molecule has 0 atom stereocenters. The van der Waals surface area contributed by atoms with Crippen molar-refractivity contribution >= 4 is 23.2 Å². The molecule has 1 aromatic carbocycles. The lowest BCUT2D eigenvalue weighted by molar-refractivity contribution is 0.347. The number of hydrogen-bond acceptors (Lipinski definition) is 6. The van der Waals surface area contributed by atoms with Gasteiger partial charge in [-0.3, -0.25) is 0 Å². The molecule has 1 aromatic heterocycles. The maximum atomic E-state index is 6.14. The lowest BCUT2D eigenvalue weighted by atomic mass is 10.2. The van der Waals surface area contributed by atoms with E-state index in [1.54, 1.807) is 12.1 Å². The molecule has 0 amide bonds. The van der Waals surface area contributed by atoms with Gasteiger partial charge >= 0.3 is 6.01 Å². The van der Waals surface area contributed by atoms with E-state index in [-0.39, 0.29) is 17.6 Å². The maximum Gasteiger partial charge on any atom is 0.328 e. The van der Waals surface area contributed by atoms with Gasteiger partial charge in [0.05, 0.1) is 25.3 Å². The standard InChI is InChI=1S/C13H13Cl2N3O3/c1-19-9-5-10(20-2)18-13(17-9)21-12-7(6-16)3-4-8(14)11(12)15/h3-5H,6,16H2,1-2H3. The molecule has 2 N–H and O–H groups in total. The first-order valence-corrected chi connectivity index (χ1v) is 6.66. The summed E-state index contributed by atoms with van der Waals surface area (Å²) >= 11 is 12.1. The molecule has 112 valence electrons. The van der Waals surface area contributed by atoms with Crippen LogP contribution in [0, 0.1) is 0 Å². The molecule has 1 heterocycles. The van der Waals surface area contributed by atoms with E-state index in [1.165, 1.54) is 20.3 Å². The number of benzene rings is 1. The van der Waals surface area contributed by atoms with Crippen LogP contribution in [-0.4, -0.2) is 24.2 Å². The summed E-state index contributed by atoms with van der Waals surface area (Å²) in [6.45, 7) is 0.229.